The molecule has 1 aromatic carbocycles. The second kappa shape index (κ2) is 7.12. The van der Waals surface area contributed by atoms with Crippen molar-refractivity contribution in [3.63, 3.8) is 0 Å². The fourth-order valence-electron chi connectivity index (χ4n) is 1.37. The number of benzene rings is 1. The molecule has 80 valence electrons. The Morgan fingerprint density at radius 3 is 2.12 bits per heavy atom. The van der Waals surface area contributed by atoms with Crippen molar-refractivity contribution in [1.82, 2.24) is 0 Å². The maximum atomic E-state index is 10.8. The summed E-state index contributed by atoms with van der Waals surface area (Å²) in [6.45, 7) is 0. The SMILES string of the molecule is O=C([O-])CCC(C(=O)[O-])c1ccccc1.[Zn+2]. The number of carbonyl (C=O) groups is 2. The number of aliphatic carboxylic acids is 2. The van der Waals surface area contributed by atoms with E-state index in [4.69, 9.17) is 0 Å². The topological polar surface area (TPSA) is 80.3 Å². The molecule has 0 aliphatic rings. The summed E-state index contributed by atoms with van der Waals surface area (Å²) >= 11 is 0. The Balaban J connectivity index is 0.00000225. The largest absolute Gasteiger partial charge is 2.00 e. The van der Waals surface area contributed by atoms with Crippen molar-refractivity contribution < 1.29 is 39.3 Å². The molecule has 0 spiro atoms. The van der Waals surface area contributed by atoms with Crippen LogP contribution in [0.3, 0.4) is 0 Å². The van der Waals surface area contributed by atoms with Crippen molar-refractivity contribution in [3.8, 4) is 0 Å². The van der Waals surface area contributed by atoms with Crippen molar-refractivity contribution >= 4 is 11.9 Å². The zero-order chi connectivity index (χ0) is 11.3. The number of hydrogen-bond donors (Lipinski definition) is 0. The number of hydrogen-bond acceptors (Lipinski definition) is 4. The summed E-state index contributed by atoms with van der Waals surface area (Å²) in [5.41, 5.74) is 0.554. The van der Waals surface area contributed by atoms with Crippen LogP contribution in [0.15, 0.2) is 30.3 Å². The molecule has 0 radical (unpaired) electrons. The Kier molecular flexibility index (Phi) is 6.58. The minimum Gasteiger partial charge on any atom is -0.550 e. The third-order valence-corrected chi connectivity index (χ3v) is 2.12. The van der Waals surface area contributed by atoms with Crippen molar-refractivity contribution in [3.05, 3.63) is 35.9 Å². The van der Waals surface area contributed by atoms with Crippen LogP contribution in [0.4, 0.5) is 0 Å². The van der Waals surface area contributed by atoms with Gasteiger partial charge in [-0.3, -0.25) is 0 Å². The molecule has 1 unspecified atom stereocenters. The summed E-state index contributed by atoms with van der Waals surface area (Å²) in [7, 11) is 0. The van der Waals surface area contributed by atoms with E-state index in [-0.39, 0.29) is 32.3 Å². The van der Waals surface area contributed by atoms with Crippen LogP contribution in [0.1, 0.15) is 24.3 Å². The smallest absolute Gasteiger partial charge is 0.550 e. The fraction of sp³-hybridized carbons (Fsp3) is 0.273. The Bertz CT molecular complexity index is 350. The first-order valence-corrected chi connectivity index (χ1v) is 4.57. The minimum absolute atomic E-state index is 0. The van der Waals surface area contributed by atoms with Crippen molar-refractivity contribution in [2.45, 2.75) is 18.8 Å². The molecule has 0 aliphatic heterocycles. The van der Waals surface area contributed by atoms with E-state index in [9.17, 15) is 19.8 Å². The van der Waals surface area contributed by atoms with Crippen LogP contribution in [0.25, 0.3) is 0 Å². The summed E-state index contributed by atoms with van der Waals surface area (Å²) in [5, 5.41) is 21.0. The summed E-state index contributed by atoms with van der Waals surface area (Å²) in [5.74, 6) is -3.40. The molecule has 0 fully saturated rings. The fourth-order valence-corrected chi connectivity index (χ4v) is 1.37. The van der Waals surface area contributed by atoms with Gasteiger partial charge in [-0.25, -0.2) is 0 Å². The number of rotatable bonds is 5. The maximum absolute atomic E-state index is 10.8. The second-order valence-corrected chi connectivity index (χ2v) is 3.19. The minimum atomic E-state index is -1.26. The van der Waals surface area contributed by atoms with E-state index in [0.29, 0.717) is 5.56 Å². The molecule has 5 heteroatoms. The third-order valence-electron chi connectivity index (χ3n) is 2.12. The zero-order valence-electron chi connectivity index (χ0n) is 8.72. The second-order valence-electron chi connectivity index (χ2n) is 3.19. The van der Waals surface area contributed by atoms with Crippen LogP contribution >= 0.6 is 0 Å². The van der Waals surface area contributed by atoms with Gasteiger partial charge >= 0.3 is 19.5 Å². The monoisotopic (exact) mass is 270 g/mol. The Hall–Kier alpha value is -1.22. The molecule has 0 aromatic heterocycles. The predicted molar refractivity (Wildman–Crippen MR) is 48.4 cm³/mol. The standard InChI is InChI=1S/C11H12O4.Zn/c12-10(13)7-6-9(11(14)15)8-4-2-1-3-5-8;/h1-5,9H,6-7H2,(H,12,13)(H,14,15);/q;+2/p-2. The van der Waals surface area contributed by atoms with Crippen LogP contribution < -0.4 is 10.2 Å². The molecular weight excluding hydrogens is 262 g/mol. The first kappa shape index (κ1) is 14.8. The molecule has 0 N–H and O–H groups in total. The van der Waals surface area contributed by atoms with Gasteiger partial charge < -0.3 is 19.8 Å². The van der Waals surface area contributed by atoms with Crippen LogP contribution in [0.2, 0.25) is 0 Å². The predicted octanol–water partition coefficient (Wildman–Crippen LogP) is -0.952. The van der Waals surface area contributed by atoms with Gasteiger partial charge in [-0.15, -0.1) is 0 Å². The van der Waals surface area contributed by atoms with Gasteiger partial charge in [-0.05, 0) is 18.4 Å². The van der Waals surface area contributed by atoms with Crippen molar-refractivity contribution in [1.29, 1.82) is 0 Å². The summed E-state index contributed by atoms with van der Waals surface area (Å²) in [6, 6.07) is 8.43. The van der Waals surface area contributed by atoms with Gasteiger partial charge in [0.1, 0.15) is 0 Å². The Morgan fingerprint density at radius 1 is 1.12 bits per heavy atom. The summed E-state index contributed by atoms with van der Waals surface area (Å²) < 4.78 is 0. The van der Waals surface area contributed by atoms with E-state index >= 15 is 0 Å². The number of carboxylic acid groups (broad SMARTS) is 2. The quantitative estimate of drug-likeness (QED) is 0.647. The summed E-state index contributed by atoms with van der Waals surface area (Å²) in [6.07, 6.45) is -0.289. The molecular formula is C11H10O4Zn. The molecule has 1 aromatic rings. The summed E-state index contributed by atoms with van der Waals surface area (Å²) in [4.78, 5) is 21.0. The Morgan fingerprint density at radius 2 is 1.69 bits per heavy atom. The van der Waals surface area contributed by atoms with E-state index < -0.39 is 17.9 Å². The average Bonchev–Trinajstić information content (AvgIpc) is 2.18. The first-order chi connectivity index (χ1) is 7.11. The molecule has 16 heavy (non-hydrogen) atoms. The average molecular weight is 272 g/mol. The molecule has 0 aliphatic carbocycles. The molecule has 4 nitrogen and oxygen atoms in total. The van der Waals surface area contributed by atoms with Crippen molar-refractivity contribution in [2.75, 3.05) is 0 Å². The molecule has 0 heterocycles. The van der Waals surface area contributed by atoms with E-state index in [1.165, 1.54) is 0 Å². The van der Waals surface area contributed by atoms with E-state index in [1.54, 1.807) is 30.3 Å². The van der Waals surface area contributed by atoms with Crippen LogP contribution in [0, 0.1) is 0 Å². The Labute approximate surface area is 106 Å². The van der Waals surface area contributed by atoms with Gasteiger partial charge in [0.25, 0.3) is 0 Å². The number of carboxylic acids is 2. The normalized spacial score (nSPS) is 11.2. The van der Waals surface area contributed by atoms with Gasteiger partial charge in [0.15, 0.2) is 0 Å². The molecule has 0 saturated heterocycles. The first-order valence-electron chi connectivity index (χ1n) is 4.57. The molecule has 0 amide bonds. The van der Waals surface area contributed by atoms with Crippen LogP contribution in [-0.4, -0.2) is 11.9 Å². The van der Waals surface area contributed by atoms with Gasteiger partial charge in [-0.1, -0.05) is 30.3 Å². The zero-order valence-corrected chi connectivity index (χ0v) is 11.7. The van der Waals surface area contributed by atoms with E-state index in [0.717, 1.165) is 0 Å². The maximum Gasteiger partial charge on any atom is 2.00 e. The third kappa shape index (κ3) is 4.54. The van der Waals surface area contributed by atoms with E-state index in [2.05, 4.69) is 0 Å². The number of carbonyl (C=O) groups excluding carboxylic acids is 2. The van der Waals surface area contributed by atoms with Crippen LogP contribution in [-0.2, 0) is 29.1 Å². The molecule has 0 bridgehead atoms. The molecule has 1 rings (SSSR count). The van der Waals surface area contributed by atoms with Gasteiger partial charge in [0.2, 0.25) is 0 Å². The van der Waals surface area contributed by atoms with Gasteiger partial charge in [0.05, 0.1) is 0 Å². The van der Waals surface area contributed by atoms with Gasteiger partial charge in [-0.2, -0.15) is 0 Å². The molecule has 1 atom stereocenters. The molecule has 0 saturated carbocycles. The van der Waals surface area contributed by atoms with Crippen LogP contribution in [0.5, 0.6) is 0 Å². The van der Waals surface area contributed by atoms with Crippen molar-refractivity contribution in [2.24, 2.45) is 0 Å². The van der Waals surface area contributed by atoms with E-state index in [1.807, 2.05) is 0 Å². The van der Waals surface area contributed by atoms with Gasteiger partial charge in [0, 0.05) is 17.9 Å².